The lowest BCUT2D eigenvalue weighted by Gasteiger charge is -2.29. The van der Waals surface area contributed by atoms with Gasteiger partial charge >= 0.3 is 0 Å². The van der Waals surface area contributed by atoms with E-state index >= 15 is 0 Å². The average Bonchev–Trinajstić information content (AvgIpc) is 2.55. The monoisotopic (exact) mass is 349 g/mol. The minimum Gasteiger partial charge on any atom is -0.486 e. The lowest BCUT2D eigenvalue weighted by atomic mass is 9.84. The zero-order chi connectivity index (χ0) is 16.0. The minimum absolute atomic E-state index is 0.0368. The Balaban J connectivity index is 1.83. The van der Waals surface area contributed by atoms with Crippen molar-refractivity contribution in [2.75, 3.05) is 18.5 Å². The number of nitrogens with one attached hydrogen (secondary N) is 1. The van der Waals surface area contributed by atoms with Gasteiger partial charge < -0.3 is 14.8 Å². The molecule has 0 radical (unpaired) electrons. The molecule has 1 amide bonds. The highest BCUT2D eigenvalue weighted by Crippen LogP contribution is 2.44. The average molecular weight is 350 g/mol. The van der Waals surface area contributed by atoms with Crippen LogP contribution in [0.2, 0.25) is 10.0 Å². The quantitative estimate of drug-likeness (QED) is 0.837. The number of amides is 1. The largest absolute Gasteiger partial charge is 0.486 e. The molecule has 0 saturated heterocycles. The van der Waals surface area contributed by atoms with E-state index in [9.17, 15) is 4.79 Å². The minimum atomic E-state index is -0.0932. The second kappa shape index (κ2) is 5.62. The van der Waals surface area contributed by atoms with Crippen molar-refractivity contribution in [3.63, 3.8) is 0 Å². The van der Waals surface area contributed by atoms with E-state index in [0.29, 0.717) is 41.2 Å². The van der Waals surface area contributed by atoms with Crippen molar-refractivity contribution in [3.8, 4) is 11.5 Å². The number of hydrogen-bond donors (Lipinski definition) is 1. The van der Waals surface area contributed by atoms with Crippen LogP contribution in [0.3, 0.4) is 0 Å². The number of halogens is 2. The number of ether oxygens (including phenoxy) is 2. The van der Waals surface area contributed by atoms with Crippen LogP contribution in [-0.2, 0) is 4.79 Å². The highest BCUT2D eigenvalue weighted by atomic mass is 35.5. The molecule has 2 aliphatic heterocycles. The van der Waals surface area contributed by atoms with Crippen molar-refractivity contribution >= 4 is 34.8 Å². The molecule has 4 rings (SSSR count). The number of rotatable bonds is 1. The summed E-state index contributed by atoms with van der Waals surface area (Å²) in [7, 11) is 0. The number of fused-ring (bicyclic) bond motifs is 2. The zero-order valence-electron chi connectivity index (χ0n) is 12.1. The molecular formula is C17H13Cl2NO3. The first-order valence-corrected chi connectivity index (χ1v) is 8.06. The molecule has 0 aliphatic carbocycles. The first-order valence-electron chi connectivity index (χ1n) is 7.30. The third-order valence-electron chi connectivity index (χ3n) is 4.10. The van der Waals surface area contributed by atoms with E-state index < -0.39 is 0 Å². The Morgan fingerprint density at radius 2 is 1.74 bits per heavy atom. The fourth-order valence-corrected chi connectivity index (χ4v) is 3.33. The number of carbonyl (C=O) groups excluding carboxylic acids is 1. The molecule has 0 fully saturated rings. The van der Waals surface area contributed by atoms with Gasteiger partial charge in [0.1, 0.15) is 13.2 Å². The fourth-order valence-electron chi connectivity index (χ4n) is 3.02. The molecule has 2 aromatic carbocycles. The van der Waals surface area contributed by atoms with Crippen molar-refractivity contribution in [1.82, 2.24) is 0 Å². The second-order valence-electron chi connectivity index (χ2n) is 5.56. The molecule has 0 aromatic heterocycles. The molecule has 0 unspecified atom stereocenters. The molecular weight excluding hydrogens is 337 g/mol. The first kappa shape index (κ1) is 14.7. The molecule has 4 nitrogen and oxygen atoms in total. The number of benzene rings is 2. The third-order valence-corrected chi connectivity index (χ3v) is 4.84. The maximum atomic E-state index is 12.1. The Labute approximate surface area is 143 Å². The Morgan fingerprint density at radius 3 is 2.48 bits per heavy atom. The van der Waals surface area contributed by atoms with Crippen molar-refractivity contribution < 1.29 is 14.3 Å². The van der Waals surface area contributed by atoms with Gasteiger partial charge in [0.25, 0.3) is 0 Å². The second-order valence-corrected chi connectivity index (χ2v) is 6.38. The summed E-state index contributed by atoms with van der Waals surface area (Å²) >= 11 is 12.1. The van der Waals surface area contributed by atoms with Gasteiger partial charge in [-0.25, -0.2) is 0 Å². The van der Waals surface area contributed by atoms with Gasteiger partial charge in [-0.3, -0.25) is 4.79 Å². The van der Waals surface area contributed by atoms with Crippen LogP contribution in [0.15, 0.2) is 30.3 Å². The maximum Gasteiger partial charge on any atom is 0.225 e. The van der Waals surface area contributed by atoms with E-state index in [1.807, 2.05) is 24.3 Å². The van der Waals surface area contributed by atoms with Gasteiger partial charge in [-0.05, 0) is 29.3 Å². The topological polar surface area (TPSA) is 47.6 Å². The van der Waals surface area contributed by atoms with E-state index in [-0.39, 0.29) is 11.8 Å². The summed E-state index contributed by atoms with van der Waals surface area (Å²) in [4.78, 5) is 12.1. The van der Waals surface area contributed by atoms with Gasteiger partial charge in [0.2, 0.25) is 5.91 Å². The van der Waals surface area contributed by atoms with E-state index in [1.54, 1.807) is 6.07 Å². The molecule has 1 atom stereocenters. The van der Waals surface area contributed by atoms with Crippen molar-refractivity contribution in [2.45, 2.75) is 12.3 Å². The Bertz CT molecular complexity index is 807. The summed E-state index contributed by atoms with van der Waals surface area (Å²) in [6, 6.07) is 9.23. The van der Waals surface area contributed by atoms with Crippen LogP contribution >= 0.6 is 23.2 Å². The molecule has 2 aliphatic rings. The smallest absolute Gasteiger partial charge is 0.225 e. The van der Waals surface area contributed by atoms with E-state index in [0.717, 1.165) is 16.8 Å². The number of anilines is 1. The molecule has 2 aromatic rings. The van der Waals surface area contributed by atoms with Gasteiger partial charge in [0.15, 0.2) is 11.5 Å². The van der Waals surface area contributed by atoms with Crippen LogP contribution in [-0.4, -0.2) is 19.1 Å². The summed E-state index contributed by atoms with van der Waals surface area (Å²) in [5.41, 5.74) is 2.70. The van der Waals surface area contributed by atoms with Crippen LogP contribution in [0.4, 0.5) is 5.69 Å². The molecule has 0 spiro atoms. The molecule has 0 saturated carbocycles. The summed E-state index contributed by atoms with van der Waals surface area (Å²) in [6.07, 6.45) is 0.352. The van der Waals surface area contributed by atoms with E-state index in [4.69, 9.17) is 32.7 Å². The van der Waals surface area contributed by atoms with Gasteiger partial charge in [-0.2, -0.15) is 0 Å². The Kier molecular flexibility index (Phi) is 3.58. The standard InChI is InChI=1S/C17H13Cl2NO3/c18-12-2-1-9(5-13(12)19)10-7-17(21)20-14-8-16-15(6-11(10)14)22-3-4-23-16/h1-2,5-6,8,10H,3-4,7H2,(H,20,21)/t10-/m0/s1. The zero-order valence-corrected chi connectivity index (χ0v) is 13.6. The summed E-state index contributed by atoms with van der Waals surface area (Å²) in [5, 5.41) is 3.88. The van der Waals surface area contributed by atoms with Gasteiger partial charge in [0.05, 0.1) is 10.0 Å². The predicted octanol–water partition coefficient (Wildman–Crippen LogP) is 4.24. The Hall–Kier alpha value is -1.91. The number of carbonyl (C=O) groups is 1. The maximum absolute atomic E-state index is 12.1. The Morgan fingerprint density at radius 1 is 1.00 bits per heavy atom. The lowest BCUT2D eigenvalue weighted by Crippen LogP contribution is -2.24. The number of hydrogen-bond acceptors (Lipinski definition) is 3. The molecule has 118 valence electrons. The lowest BCUT2D eigenvalue weighted by molar-refractivity contribution is -0.116. The summed E-state index contributed by atoms with van der Waals surface area (Å²) in [6.45, 7) is 1.03. The molecule has 0 bridgehead atoms. The van der Waals surface area contributed by atoms with Crippen LogP contribution in [0.1, 0.15) is 23.5 Å². The van der Waals surface area contributed by atoms with Crippen LogP contribution < -0.4 is 14.8 Å². The first-order chi connectivity index (χ1) is 11.1. The van der Waals surface area contributed by atoms with Gasteiger partial charge in [-0.15, -0.1) is 0 Å². The third kappa shape index (κ3) is 2.62. The predicted molar refractivity (Wildman–Crippen MR) is 89.0 cm³/mol. The van der Waals surface area contributed by atoms with E-state index in [2.05, 4.69) is 5.32 Å². The van der Waals surface area contributed by atoms with E-state index in [1.165, 1.54) is 0 Å². The van der Waals surface area contributed by atoms with Crippen molar-refractivity contribution in [2.24, 2.45) is 0 Å². The molecule has 1 N–H and O–H groups in total. The normalized spacial score (nSPS) is 19.0. The highest BCUT2D eigenvalue weighted by Gasteiger charge is 2.29. The molecule has 6 heteroatoms. The van der Waals surface area contributed by atoms with Crippen LogP contribution in [0.25, 0.3) is 0 Å². The van der Waals surface area contributed by atoms with Crippen molar-refractivity contribution in [3.05, 3.63) is 51.5 Å². The molecule has 2 heterocycles. The highest BCUT2D eigenvalue weighted by molar-refractivity contribution is 6.42. The fraction of sp³-hybridized carbons (Fsp3) is 0.235. The van der Waals surface area contributed by atoms with Crippen molar-refractivity contribution in [1.29, 1.82) is 0 Å². The van der Waals surface area contributed by atoms with Gasteiger partial charge in [0, 0.05) is 24.1 Å². The summed E-state index contributed by atoms with van der Waals surface area (Å²) < 4.78 is 11.2. The summed E-state index contributed by atoms with van der Waals surface area (Å²) in [5.74, 6) is 1.23. The van der Waals surface area contributed by atoms with Gasteiger partial charge in [-0.1, -0.05) is 29.3 Å². The van der Waals surface area contributed by atoms with Crippen LogP contribution in [0.5, 0.6) is 11.5 Å². The molecule has 23 heavy (non-hydrogen) atoms. The van der Waals surface area contributed by atoms with Crippen LogP contribution in [0, 0.1) is 0 Å². The SMILES string of the molecule is O=C1C[C@@H](c2ccc(Cl)c(Cl)c2)c2cc3c(cc2N1)OCCO3.